The molecule has 0 aromatic heterocycles. The van der Waals surface area contributed by atoms with Gasteiger partial charge >= 0.3 is 40.4 Å². The van der Waals surface area contributed by atoms with Crippen molar-refractivity contribution in [2.24, 2.45) is 0 Å². The molecule has 0 N–H and O–H groups in total. The van der Waals surface area contributed by atoms with Crippen LogP contribution in [0.5, 0.6) is 0 Å². The maximum atomic E-state index is 8.25. The zero-order valence-electron chi connectivity index (χ0n) is 2.49. The van der Waals surface area contributed by atoms with Gasteiger partial charge in [-0.2, -0.15) is 0 Å². The summed E-state index contributed by atoms with van der Waals surface area (Å²) in [6, 6.07) is 0. The summed E-state index contributed by atoms with van der Waals surface area (Å²) in [7, 11) is 0. The van der Waals surface area contributed by atoms with Gasteiger partial charge in [-0.25, -0.2) is 0 Å². The Balaban J connectivity index is -0.0000000450. The fourth-order valence-corrected chi connectivity index (χ4v) is 0. The molecular weight excluding hydrogens is 228 g/mol. The van der Waals surface area contributed by atoms with Crippen molar-refractivity contribution in [1.82, 2.24) is 0 Å². The third-order valence-corrected chi connectivity index (χ3v) is 0. The first-order valence-electron chi connectivity index (χ1n) is 0.548. The minimum absolute atomic E-state index is 0. The van der Waals surface area contributed by atoms with E-state index in [4.69, 9.17) is 15.3 Å². The molecule has 0 spiro atoms. The molecule has 35 valence electrons. The Morgan fingerprint density at radius 1 is 1.33 bits per heavy atom. The van der Waals surface area contributed by atoms with Crippen LogP contribution in [0.25, 0.3) is 0 Å². The molecule has 1 radical (unpaired) electrons. The number of nitrogens with zero attached hydrogens (tertiary/aromatic N) is 1. The van der Waals surface area contributed by atoms with Crippen molar-refractivity contribution in [3.63, 3.8) is 0 Å². The van der Waals surface area contributed by atoms with Crippen LogP contribution >= 0.6 is 0 Å². The quantitative estimate of drug-likeness (QED) is 0.418. The van der Waals surface area contributed by atoms with Crippen molar-refractivity contribution < 1.29 is 51.0 Å². The summed E-state index contributed by atoms with van der Waals surface area (Å²) in [6.45, 7) is 0. The third-order valence-electron chi connectivity index (χ3n) is 0. The predicted molar refractivity (Wildman–Crippen MR) is 11.0 cm³/mol. The van der Waals surface area contributed by atoms with E-state index in [9.17, 15) is 0 Å². The molecule has 0 unspecified atom stereocenters. The molecule has 5 nitrogen and oxygen atoms in total. The van der Waals surface area contributed by atoms with Crippen LogP contribution in [-0.2, 0) is 5.48 Å². The van der Waals surface area contributed by atoms with Crippen molar-refractivity contribution in [2.45, 2.75) is 0 Å². The van der Waals surface area contributed by atoms with Gasteiger partial charge in [0.15, 0.2) is 0 Å². The predicted octanol–water partition coefficient (Wildman–Crippen LogP) is -0.358. The molecule has 6 heavy (non-hydrogen) atoms. The Bertz CT molecular complexity index is 30.5. The monoisotopic (exact) mass is 230 g/mol. The molecule has 0 fully saturated rings. The van der Waals surface area contributed by atoms with E-state index >= 15 is 0 Å². The van der Waals surface area contributed by atoms with E-state index in [1.165, 1.54) is 0 Å². The van der Waals surface area contributed by atoms with Crippen LogP contribution in [0, 0.1) is 55.7 Å². The van der Waals surface area contributed by atoms with E-state index in [0.29, 0.717) is 0 Å². The first kappa shape index (κ1) is 16.1. The topological polar surface area (TPSA) is 94.7 Å². The van der Waals surface area contributed by atoms with E-state index in [1.807, 2.05) is 0 Å². The van der Waals surface area contributed by atoms with Crippen molar-refractivity contribution in [3.8, 4) is 0 Å². The summed E-state index contributed by atoms with van der Waals surface area (Å²) in [5.41, 5.74) is 0. The molecular formula is NO4Sm. The van der Waals surface area contributed by atoms with Crippen LogP contribution in [0.4, 0.5) is 0 Å². The van der Waals surface area contributed by atoms with Crippen LogP contribution in [0.2, 0.25) is 0 Å². The standard InChI is InChI=1S/NO3.O.Sm/c2-1(3)4;;/q-1;-2;+3. The molecule has 0 rings (SSSR count). The van der Waals surface area contributed by atoms with Crippen molar-refractivity contribution >= 4 is 0 Å². The second kappa shape index (κ2) is 9.09. The fourth-order valence-electron chi connectivity index (χ4n) is 0. The summed E-state index contributed by atoms with van der Waals surface area (Å²) < 4.78 is 0. The summed E-state index contributed by atoms with van der Waals surface area (Å²) in [5.74, 6) is 0. The second-order valence-corrected chi connectivity index (χ2v) is 0.224. The van der Waals surface area contributed by atoms with Crippen LogP contribution in [0.15, 0.2) is 0 Å². The molecule has 0 aromatic rings. The summed E-state index contributed by atoms with van der Waals surface area (Å²) >= 11 is 0. The zero-order valence-corrected chi connectivity index (χ0v) is 5.11. The molecule has 0 atom stereocenters. The van der Waals surface area contributed by atoms with Gasteiger partial charge in [-0.1, -0.05) is 0 Å². The average molecular weight is 228 g/mol. The van der Waals surface area contributed by atoms with Gasteiger partial charge in [-0.05, 0) is 0 Å². The van der Waals surface area contributed by atoms with Crippen molar-refractivity contribution in [3.05, 3.63) is 15.3 Å². The van der Waals surface area contributed by atoms with E-state index in [2.05, 4.69) is 0 Å². The SMILES string of the molecule is O=[N+]([O-])[O-].[O-2].[Sm+3]. The maximum absolute atomic E-state index is 8.25. The fraction of sp³-hybridized carbons (Fsp3) is 0. The molecule has 0 aliphatic heterocycles. The normalized spacial score (nSPS) is 4.00. The molecule has 0 heterocycles. The minimum Gasteiger partial charge on any atom is -2.00 e. The van der Waals surface area contributed by atoms with Gasteiger partial charge in [0.05, 0.1) is 5.09 Å². The van der Waals surface area contributed by atoms with Gasteiger partial charge in [-0.15, -0.1) is 0 Å². The molecule has 0 saturated carbocycles. The van der Waals surface area contributed by atoms with Gasteiger partial charge in [-0.3, -0.25) is 0 Å². The molecule has 0 saturated heterocycles. The first-order valence-corrected chi connectivity index (χ1v) is 0.548. The minimum atomic E-state index is -1.75. The van der Waals surface area contributed by atoms with Gasteiger partial charge in [0.25, 0.3) is 0 Å². The van der Waals surface area contributed by atoms with E-state index < -0.39 is 5.09 Å². The smallest absolute Gasteiger partial charge is 2.00 e. The molecule has 0 amide bonds. The number of hydrogen-bond donors (Lipinski definition) is 0. The molecule has 0 aliphatic carbocycles. The Morgan fingerprint density at radius 3 is 1.33 bits per heavy atom. The van der Waals surface area contributed by atoms with Crippen LogP contribution in [0.1, 0.15) is 0 Å². The molecule has 0 aliphatic rings. The largest absolute Gasteiger partial charge is 3.00 e. The molecule has 0 bridgehead atoms. The van der Waals surface area contributed by atoms with Crippen molar-refractivity contribution in [2.75, 3.05) is 0 Å². The average Bonchev–Trinajstić information content (AvgIpc) is 0.811. The summed E-state index contributed by atoms with van der Waals surface area (Å²) in [5, 5.41) is 14.8. The maximum Gasteiger partial charge on any atom is 3.00 e. The summed E-state index contributed by atoms with van der Waals surface area (Å²) in [6.07, 6.45) is 0. The Labute approximate surface area is 65.9 Å². The number of rotatable bonds is 0. The first-order chi connectivity index (χ1) is 1.73. The van der Waals surface area contributed by atoms with Gasteiger partial charge in [0.1, 0.15) is 0 Å². The van der Waals surface area contributed by atoms with Gasteiger partial charge in [0.2, 0.25) is 0 Å². The summed E-state index contributed by atoms with van der Waals surface area (Å²) in [4.78, 5) is 8.25. The Morgan fingerprint density at radius 2 is 1.33 bits per heavy atom. The van der Waals surface area contributed by atoms with Crippen molar-refractivity contribution in [1.29, 1.82) is 0 Å². The second-order valence-electron chi connectivity index (χ2n) is 0.224. The van der Waals surface area contributed by atoms with Gasteiger partial charge in [0, 0.05) is 0 Å². The van der Waals surface area contributed by atoms with E-state index in [-0.39, 0.29) is 45.9 Å². The molecule has 0 aromatic carbocycles. The number of hydrogen-bond acceptors (Lipinski definition) is 3. The van der Waals surface area contributed by atoms with Crippen LogP contribution in [-0.4, -0.2) is 5.09 Å². The van der Waals surface area contributed by atoms with E-state index in [1.54, 1.807) is 0 Å². The Hall–Kier alpha value is 0.498. The van der Waals surface area contributed by atoms with Crippen LogP contribution < -0.4 is 0 Å². The van der Waals surface area contributed by atoms with Crippen LogP contribution in [0.3, 0.4) is 0 Å². The Kier molecular flexibility index (Phi) is 24.3. The zero-order chi connectivity index (χ0) is 3.58. The third kappa shape index (κ3) is 222. The van der Waals surface area contributed by atoms with E-state index in [0.717, 1.165) is 0 Å². The molecule has 6 heteroatoms. The van der Waals surface area contributed by atoms with Gasteiger partial charge < -0.3 is 20.8 Å².